The van der Waals surface area contributed by atoms with E-state index in [0.717, 1.165) is 41.3 Å². The number of carbonyl (C=O) groups is 1. The van der Waals surface area contributed by atoms with Crippen molar-refractivity contribution in [1.82, 2.24) is 15.1 Å². The SMILES string of the molecule is COc1ccc(CNc2nnc(SCC(=O)N(C3CCCC3)C3CCS(=O)(=O)C3)s2)cc1. The Hall–Kier alpha value is -1.85. The molecule has 1 amide bonds. The average Bonchev–Trinajstić information content (AvgIpc) is 3.53. The maximum absolute atomic E-state index is 13.1. The van der Waals surface area contributed by atoms with Crippen LogP contribution in [0.15, 0.2) is 28.6 Å². The number of amides is 1. The van der Waals surface area contributed by atoms with Crippen molar-refractivity contribution in [3.8, 4) is 5.75 Å². The normalized spacial score (nSPS) is 20.3. The number of aromatic nitrogens is 2. The summed E-state index contributed by atoms with van der Waals surface area (Å²) >= 11 is 2.79. The molecule has 1 aromatic heterocycles. The van der Waals surface area contributed by atoms with E-state index in [1.165, 1.54) is 23.1 Å². The summed E-state index contributed by atoms with van der Waals surface area (Å²) in [5, 5.41) is 12.3. The highest BCUT2D eigenvalue weighted by Crippen LogP contribution is 2.31. The van der Waals surface area contributed by atoms with Crippen molar-refractivity contribution in [2.24, 2.45) is 0 Å². The van der Waals surface area contributed by atoms with Gasteiger partial charge >= 0.3 is 0 Å². The van der Waals surface area contributed by atoms with Crippen molar-refractivity contribution in [2.45, 2.75) is 55.1 Å². The Labute approximate surface area is 197 Å². The predicted molar refractivity (Wildman–Crippen MR) is 127 cm³/mol. The van der Waals surface area contributed by atoms with Crippen LogP contribution in [0.2, 0.25) is 0 Å². The fraction of sp³-hybridized carbons (Fsp3) is 0.571. The van der Waals surface area contributed by atoms with E-state index in [1.807, 2.05) is 29.2 Å². The van der Waals surface area contributed by atoms with Crippen molar-refractivity contribution >= 4 is 44.0 Å². The van der Waals surface area contributed by atoms with E-state index in [-0.39, 0.29) is 35.2 Å². The molecule has 2 fully saturated rings. The minimum Gasteiger partial charge on any atom is -0.497 e. The van der Waals surface area contributed by atoms with Crippen LogP contribution in [0.1, 0.15) is 37.7 Å². The first kappa shape index (κ1) is 23.3. The number of rotatable bonds is 9. The maximum atomic E-state index is 13.1. The molecule has 8 nitrogen and oxygen atoms in total. The van der Waals surface area contributed by atoms with Crippen molar-refractivity contribution in [1.29, 1.82) is 0 Å². The Bertz CT molecular complexity index is 1020. The zero-order valence-corrected chi connectivity index (χ0v) is 20.5. The summed E-state index contributed by atoms with van der Waals surface area (Å²) in [7, 11) is -1.40. The van der Waals surface area contributed by atoms with Gasteiger partial charge in [0.2, 0.25) is 11.0 Å². The fourth-order valence-corrected chi connectivity index (χ4v) is 7.67. The second-order valence-corrected chi connectivity index (χ2v) is 12.6. The molecule has 4 rings (SSSR count). The zero-order valence-electron chi connectivity index (χ0n) is 18.0. The highest BCUT2D eigenvalue weighted by atomic mass is 32.2. The molecule has 1 unspecified atom stereocenters. The first-order chi connectivity index (χ1) is 15.4. The lowest BCUT2D eigenvalue weighted by Gasteiger charge is -2.34. The number of hydrogen-bond acceptors (Lipinski definition) is 9. The molecular weight excluding hydrogens is 468 g/mol. The lowest BCUT2D eigenvalue weighted by Crippen LogP contribution is -2.47. The van der Waals surface area contributed by atoms with Gasteiger partial charge in [-0.25, -0.2) is 8.42 Å². The standard InChI is InChI=1S/C21H28N4O4S3/c1-29-18-8-6-15(7-9-18)12-22-20-23-24-21(31-20)30-13-19(26)25(16-4-2-3-5-16)17-10-11-32(27,28)14-17/h6-9,16-17H,2-5,10-14H2,1H3,(H,22,23). The largest absolute Gasteiger partial charge is 0.497 e. The first-order valence-electron chi connectivity index (χ1n) is 10.8. The molecule has 1 aromatic carbocycles. The molecule has 1 aliphatic carbocycles. The van der Waals surface area contributed by atoms with Crippen LogP contribution in [0.3, 0.4) is 0 Å². The van der Waals surface area contributed by atoms with Crippen LogP contribution in [0.4, 0.5) is 5.13 Å². The van der Waals surface area contributed by atoms with Crippen molar-refractivity contribution in [2.75, 3.05) is 29.7 Å². The van der Waals surface area contributed by atoms with E-state index in [0.29, 0.717) is 18.1 Å². The minimum atomic E-state index is -3.04. The third kappa shape index (κ3) is 5.93. The molecule has 2 aliphatic rings. The Morgan fingerprint density at radius 1 is 1.19 bits per heavy atom. The Morgan fingerprint density at radius 2 is 1.94 bits per heavy atom. The summed E-state index contributed by atoms with van der Waals surface area (Å²) in [4.78, 5) is 15.0. The lowest BCUT2D eigenvalue weighted by atomic mass is 10.1. The molecule has 11 heteroatoms. The van der Waals surface area contributed by atoms with Gasteiger partial charge in [-0.15, -0.1) is 10.2 Å². The summed E-state index contributed by atoms with van der Waals surface area (Å²) < 4.78 is 29.9. The molecular formula is C21H28N4O4S3. The van der Waals surface area contributed by atoms with Gasteiger partial charge in [0.05, 0.1) is 24.4 Å². The average molecular weight is 497 g/mol. The molecule has 32 heavy (non-hydrogen) atoms. The van der Waals surface area contributed by atoms with E-state index >= 15 is 0 Å². The van der Waals surface area contributed by atoms with Crippen LogP contribution in [-0.2, 0) is 21.2 Å². The lowest BCUT2D eigenvalue weighted by molar-refractivity contribution is -0.132. The molecule has 174 valence electrons. The molecule has 1 saturated heterocycles. The van der Waals surface area contributed by atoms with Gasteiger partial charge in [-0.3, -0.25) is 4.79 Å². The highest BCUT2D eigenvalue weighted by molar-refractivity contribution is 8.01. The van der Waals surface area contributed by atoms with Crippen LogP contribution in [-0.4, -0.2) is 65.9 Å². The topological polar surface area (TPSA) is 101 Å². The van der Waals surface area contributed by atoms with Gasteiger partial charge in [-0.05, 0) is 37.0 Å². The van der Waals surface area contributed by atoms with Gasteiger partial charge < -0.3 is 15.0 Å². The number of methoxy groups -OCH3 is 1. The van der Waals surface area contributed by atoms with Crippen LogP contribution < -0.4 is 10.1 Å². The van der Waals surface area contributed by atoms with Crippen LogP contribution in [0.5, 0.6) is 5.75 Å². The second-order valence-electron chi connectivity index (χ2n) is 8.16. The molecule has 1 N–H and O–H groups in total. The van der Waals surface area contributed by atoms with Gasteiger partial charge in [0, 0.05) is 18.6 Å². The van der Waals surface area contributed by atoms with Crippen molar-refractivity contribution in [3.63, 3.8) is 0 Å². The number of benzene rings is 1. The van der Waals surface area contributed by atoms with Gasteiger partial charge in [0.25, 0.3) is 0 Å². The number of ether oxygens (including phenoxy) is 1. The number of hydrogen-bond donors (Lipinski definition) is 1. The van der Waals surface area contributed by atoms with Crippen LogP contribution in [0.25, 0.3) is 0 Å². The monoisotopic (exact) mass is 496 g/mol. The van der Waals surface area contributed by atoms with E-state index in [1.54, 1.807) is 7.11 Å². The fourth-order valence-electron chi connectivity index (χ4n) is 4.34. The summed E-state index contributed by atoms with van der Waals surface area (Å²) in [5.74, 6) is 1.35. The highest BCUT2D eigenvalue weighted by Gasteiger charge is 2.38. The molecule has 2 heterocycles. The van der Waals surface area contributed by atoms with E-state index in [2.05, 4.69) is 15.5 Å². The van der Waals surface area contributed by atoms with E-state index < -0.39 is 9.84 Å². The first-order valence-corrected chi connectivity index (χ1v) is 14.4. The molecule has 1 atom stereocenters. The molecule has 0 spiro atoms. The van der Waals surface area contributed by atoms with E-state index in [4.69, 9.17) is 4.74 Å². The van der Waals surface area contributed by atoms with Crippen LogP contribution in [0, 0.1) is 0 Å². The van der Waals surface area contributed by atoms with E-state index in [9.17, 15) is 13.2 Å². The van der Waals surface area contributed by atoms with Gasteiger partial charge in [-0.2, -0.15) is 0 Å². The predicted octanol–water partition coefficient (Wildman–Crippen LogP) is 3.21. The summed E-state index contributed by atoms with van der Waals surface area (Å²) in [6.45, 7) is 0.619. The Kier molecular flexibility index (Phi) is 7.57. The zero-order chi connectivity index (χ0) is 22.6. The molecule has 1 saturated carbocycles. The number of nitrogens with zero attached hydrogens (tertiary/aromatic N) is 3. The number of anilines is 1. The number of sulfone groups is 1. The van der Waals surface area contributed by atoms with Gasteiger partial charge in [-0.1, -0.05) is 48.1 Å². The van der Waals surface area contributed by atoms with Crippen LogP contribution >= 0.6 is 23.1 Å². The van der Waals surface area contributed by atoms with Crippen molar-refractivity contribution < 1.29 is 17.9 Å². The number of nitrogens with one attached hydrogen (secondary N) is 1. The summed E-state index contributed by atoms with van der Waals surface area (Å²) in [6, 6.07) is 7.78. The molecule has 2 aromatic rings. The summed E-state index contributed by atoms with van der Waals surface area (Å²) in [6.07, 6.45) is 4.67. The minimum absolute atomic E-state index is 0.00643. The maximum Gasteiger partial charge on any atom is 0.233 e. The second kappa shape index (κ2) is 10.4. The van der Waals surface area contributed by atoms with Crippen molar-refractivity contribution in [3.05, 3.63) is 29.8 Å². The molecule has 0 bridgehead atoms. The quantitative estimate of drug-likeness (QED) is 0.528. The smallest absolute Gasteiger partial charge is 0.233 e. The number of thioether (sulfide) groups is 1. The Morgan fingerprint density at radius 3 is 2.59 bits per heavy atom. The third-order valence-corrected chi connectivity index (χ3v) is 9.69. The van der Waals surface area contributed by atoms with Gasteiger partial charge in [0.1, 0.15) is 5.75 Å². The summed E-state index contributed by atoms with van der Waals surface area (Å²) in [5.41, 5.74) is 1.10. The third-order valence-electron chi connectivity index (χ3n) is 5.94. The van der Waals surface area contributed by atoms with Gasteiger partial charge in [0.15, 0.2) is 14.2 Å². The molecule has 0 radical (unpaired) electrons. The number of carbonyl (C=O) groups excluding carboxylic acids is 1. The molecule has 1 aliphatic heterocycles. The Balaban J connectivity index is 1.31.